The standard InChI is InChI=1S/C15H19FN2O4S/c1-2-18(13-6-7-23(21,22)10-13)14(19)9-17-15(20)11-4-3-5-12(16)8-11/h3-5,8,13H,2,6-7,9-10H2,1H3,(H,17,20). The van der Waals surface area contributed by atoms with E-state index in [1.807, 2.05) is 0 Å². The van der Waals surface area contributed by atoms with Crippen LogP contribution < -0.4 is 5.32 Å². The summed E-state index contributed by atoms with van der Waals surface area (Å²) in [6.07, 6.45) is 0.416. The van der Waals surface area contributed by atoms with E-state index in [-0.39, 0.29) is 35.6 Å². The predicted molar refractivity (Wildman–Crippen MR) is 83.2 cm³/mol. The Kier molecular flexibility index (Phi) is 5.35. The lowest BCUT2D eigenvalue weighted by atomic mass is 10.2. The Morgan fingerprint density at radius 3 is 2.70 bits per heavy atom. The van der Waals surface area contributed by atoms with Gasteiger partial charge in [0.15, 0.2) is 9.84 Å². The molecule has 0 radical (unpaired) electrons. The summed E-state index contributed by atoms with van der Waals surface area (Å²) < 4.78 is 36.1. The average molecular weight is 342 g/mol. The molecule has 0 spiro atoms. The number of benzene rings is 1. The predicted octanol–water partition coefficient (Wildman–Crippen LogP) is 0.591. The maximum absolute atomic E-state index is 13.1. The van der Waals surface area contributed by atoms with E-state index in [9.17, 15) is 22.4 Å². The first-order chi connectivity index (χ1) is 10.8. The monoisotopic (exact) mass is 342 g/mol. The molecule has 1 aromatic rings. The molecule has 1 aliphatic rings. The van der Waals surface area contributed by atoms with Crippen molar-refractivity contribution in [3.8, 4) is 0 Å². The zero-order chi connectivity index (χ0) is 17.0. The van der Waals surface area contributed by atoms with Crippen molar-refractivity contribution in [2.75, 3.05) is 24.6 Å². The van der Waals surface area contributed by atoms with Gasteiger partial charge in [-0.3, -0.25) is 9.59 Å². The van der Waals surface area contributed by atoms with Crippen LogP contribution in [0.2, 0.25) is 0 Å². The lowest BCUT2D eigenvalue weighted by molar-refractivity contribution is -0.131. The van der Waals surface area contributed by atoms with Gasteiger partial charge in [0, 0.05) is 18.2 Å². The van der Waals surface area contributed by atoms with Gasteiger partial charge in [-0.25, -0.2) is 12.8 Å². The maximum atomic E-state index is 13.1. The van der Waals surface area contributed by atoms with Gasteiger partial charge in [0.2, 0.25) is 5.91 Å². The van der Waals surface area contributed by atoms with Crippen molar-refractivity contribution in [3.05, 3.63) is 35.6 Å². The number of amides is 2. The van der Waals surface area contributed by atoms with E-state index in [0.717, 1.165) is 6.07 Å². The minimum absolute atomic E-state index is 0.0373. The van der Waals surface area contributed by atoms with Crippen LogP contribution in [0.3, 0.4) is 0 Å². The summed E-state index contributed by atoms with van der Waals surface area (Å²) in [4.78, 5) is 25.6. The maximum Gasteiger partial charge on any atom is 0.251 e. The third-order valence-electron chi connectivity index (χ3n) is 3.80. The zero-order valence-corrected chi connectivity index (χ0v) is 13.6. The quantitative estimate of drug-likeness (QED) is 0.849. The number of carbonyl (C=O) groups is 2. The topological polar surface area (TPSA) is 83.6 Å². The van der Waals surface area contributed by atoms with Gasteiger partial charge in [0.1, 0.15) is 5.82 Å². The van der Waals surface area contributed by atoms with Crippen LogP contribution in [0.4, 0.5) is 4.39 Å². The normalized spacial score (nSPS) is 19.3. The molecule has 1 N–H and O–H groups in total. The van der Waals surface area contributed by atoms with Gasteiger partial charge in [-0.1, -0.05) is 6.07 Å². The number of hydrogen-bond acceptors (Lipinski definition) is 4. The Labute approximate surface area is 134 Å². The molecular formula is C15H19FN2O4S. The second kappa shape index (κ2) is 7.08. The van der Waals surface area contributed by atoms with Crippen molar-refractivity contribution < 1.29 is 22.4 Å². The molecule has 1 heterocycles. The van der Waals surface area contributed by atoms with E-state index >= 15 is 0 Å². The summed E-state index contributed by atoms with van der Waals surface area (Å²) in [7, 11) is -3.09. The Hall–Kier alpha value is -1.96. The molecule has 1 fully saturated rings. The van der Waals surface area contributed by atoms with Crippen LogP contribution in [-0.4, -0.2) is 55.8 Å². The molecule has 1 unspecified atom stereocenters. The highest BCUT2D eigenvalue weighted by molar-refractivity contribution is 7.91. The smallest absolute Gasteiger partial charge is 0.251 e. The lowest BCUT2D eigenvalue weighted by Crippen LogP contribution is -2.46. The molecule has 1 atom stereocenters. The Bertz CT molecular complexity index is 705. The molecule has 2 amide bonds. The number of halogens is 1. The third kappa shape index (κ3) is 4.51. The average Bonchev–Trinajstić information content (AvgIpc) is 2.85. The zero-order valence-electron chi connectivity index (χ0n) is 12.8. The molecule has 1 saturated heterocycles. The van der Waals surface area contributed by atoms with Gasteiger partial charge in [-0.05, 0) is 31.5 Å². The second-order valence-electron chi connectivity index (χ2n) is 5.43. The summed E-state index contributed by atoms with van der Waals surface area (Å²) >= 11 is 0. The SMILES string of the molecule is CCN(C(=O)CNC(=O)c1cccc(F)c1)C1CCS(=O)(=O)C1. The molecule has 8 heteroatoms. The molecule has 0 bridgehead atoms. The van der Waals surface area contributed by atoms with E-state index in [2.05, 4.69) is 5.32 Å². The van der Waals surface area contributed by atoms with Crippen molar-refractivity contribution in [1.29, 1.82) is 0 Å². The van der Waals surface area contributed by atoms with E-state index in [4.69, 9.17) is 0 Å². The van der Waals surface area contributed by atoms with Crippen LogP contribution >= 0.6 is 0 Å². The highest BCUT2D eigenvalue weighted by Gasteiger charge is 2.33. The van der Waals surface area contributed by atoms with Crippen LogP contribution in [0.15, 0.2) is 24.3 Å². The fourth-order valence-electron chi connectivity index (χ4n) is 2.65. The number of likely N-dealkylation sites (N-methyl/N-ethyl adjacent to an activating group) is 1. The van der Waals surface area contributed by atoms with Gasteiger partial charge < -0.3 is 10.2 Å². The van der Waals surface area contributed by atoms with Gasteiger partial charge in [0.25, 0.3) is 5.91 Å². The number of hydrogen-bond donors (Lipinski definition) is 1. The lowest BCUT2D eigenvalue weighted by Gasteiger charge is -2.27. The minimum atomic E-state index is -3.09. The van der Waals surface area contributed by atoms with Crippen molar-refractivity contribution in [3.63, 3.8) is 0 Å². The molecule has 1 aliphatic heterocycles. The first kappa shape index (κ1) is 17.4. The van der Waals surface area contributed by atoms with Crippen molar-refractivity contribution >= 4 is 21.7 Å². The van der Waals surface area contributed by atoms with E-state index in [1.54, 1.807) is 6.92 Å². The molecule has 0 aromatic heterocycles. The molecule has 2 rings (SSSR count). The third-order valence-corrected chi connectivity index (χ3v) is 5.55. The molecule has 0 saturated carbocycles. The summed E-state index contributed by atoms with van der Waals surface area (Å²) in [6.45, 7) is 1.88. The van der Waals surface area contributed by atoms with Crippen LogP contribution in [0.25, 0.3) is 0 Å². The van der Waals surface area contributed by atoms with E-state index < -0.39 is 21.6 Å². The molecule has 126 valence electrons. The van der Waals surface area contributed by atoms with Crippen molar-refractivity contribution in [2.24, 2.45) is 0 Å². The molecule has 23 heavy (non-hydrogen) atoms. The molecule has 1 aromatic carbocycles. The van der Waals surface area contributed by atoms with Crippen LogP contribution in [-0.2, 0) is 14.6 Å². The van der Waals surface area contributed by atoms with Crippen molar-refractivity contribution in [2.45, 2.75) is 19.4 Å². The summed E-state index contributed by atoms with van der Waals surface area (Å²) in [6, 6.07) is 4.82. The van der Waals surface area contributed by atoms with Gasteiger partial charge in [-0.2, -0.15) is 0 Å². The Morgan fingerprint density at radius 2 is 2.13 bits per heavy atom. The number of nitrogens with one attached hydrogen (secondary N) is 1. The second-order valence-corrected chi connectivity index (χ2v) is 7.66. The fraction of sp³-hybridized carbons (Fsp3) is 0.467. The minimum Gasteiger partial charge on any atom is -0.343 e. The number of nitrogens with zero attached hydrogens (tertiary/aromatic N) is 1. The van der Waals surface area contributed by atoms with Crippen LogP contribution in [0.1, 0.15) is 23.7 Å². The summed E-state index contributed by atoms with van der Waals surface area (Å²) in [5.74, 6) is -1.38. The Morgan fingerprint density at radius 1 is 1.39 bits per heavy atom. The van der Waals surface area contributed by atoms with Crippen LogP contribution in [0.5, 0.6) is 0 Å². The van der Waals surface area contributed by atoms with Gasteiger partial charge in [0.05, 0.1) is 18.1 Å². The van der Waals surface area contributed by atoms with E-state index in [1.165, 1.54) is 23.1 Å². The largest absolute Gasteiger partial charge is 0.343 e. The fourth-order valence-corrected chi connectivity index (χ4v) is 4.38. The molecule has 6 nitrogen and oxygen atoms in total. The summed E-state index contributed by atoms with van der Waals surface area (Å²) in [5, 5.41) is 2.44. The van der Waals surface area contributed by atoms with Gasteiger partial charge >= 0.3 is 0 Å². The molecule has 0 aliphatic carbocycles. The highest BCUT2D eigenvalue weighted by atomic mass is 32.2. The Balaban J connectivity index is 1.94. The van der Waals surface area contributed by atoms with Gasteiger partial charge in [-0.15, -0.1) is 0 Å². The first-order valence-corrected chi connectivity index (χ1v) is 9.18. The number of rotatable bonds is 5. The number of carbonyl (C=O) groups excluding carboxylic acids is 2. The summed E-state index contributed by atoms with van der Waals surface area (Å²) in [5.41, 5.74) is 0.129. The van der Waals surface area contributed by atoms with E-state index in [0.29, 0.717) is 13.0 Å². The highest BCUT2D eigenvalue weighted by Crippen LogP contribution is 2.17. The van der Waals surface area contributed by atoms with Crippen molar-refractivity contribution in [1.82, 2.24) is 10.2 Å². The number of sulfone groups is 1. The van der Waals surface area contributed by atoms with Crippen LogP contribution in [0, 0.1) is 5.82 Å². The first-order valence-electron chi connectivity index (χ1n) is 7.36. The molecular weight excluding hydrogens is 323 g/mol.